The first-order valence-electron chi connectivity index (χ1n) is 6.15. The zero-order valence-electron chi connectivity index (χ0n) is 11.5. The number of imidazole rings is 1. The second-order valence-electron chi connectivity index (χ2n) is 4.77. The number of rotatable bonds is 1. The number of phenolic OH excluding ortho intramolecular Hbond substituents is 1. The molecule has 0 bridgehead atoms. The van der Waals surface area contributed by atoms with E-state index in [1.54, 1.807) is 0 Å². The molecule has 2 N–H and O–H groups in total. The molecule has 0 amide bonds. The third kappa shape index (κ3) is 2.06. The molecule has 0 unspecified atom stereocenters. The van der Waals surface area contributed by atoms with Crippen LogP contribution in [0.25, 0.3) is 22.6 Å². The van der Waals surface area contributed by atoms with Crippen molar-refractivity contribution in [1.82, 2.24) is 19.1 Å². The van der Waals surface area contributed by atoms with Crippen LogP contribution in [0.5, 0.6) is 5.75 Å². The monoisotopic (exact) mass is 384 g/mol. The Hall–Kier alpha value is -2.06. The van der Waals surface area contributed by atoms with E-state index >= 15 is 0 Å². The standard InChI is InChI=1S/C13H10BrClN4O3/c1-18-11-8(12(21)19(2)13(18)22)16-10(17-11)6-3-5(15)4-7(14)9(6)20/h3-4,20H,1-2H3,(H,16,17). The summed E-state index contributed by atoms with van der Waals surface area (Å²) in [4.78, 5) is 31.1. The van der Waals surface area contributed by atoms with Crippen LogP contribution in [0.3, 0.4) is 0 Å². The number of aromatic nitrogens is 4. The molecule has 9 heteroatoms. The molecule has 114 valence electrons. The lowest BCUT2D eigenvalue weighted by Crippen LogP contribution is -2.36. The Bertz CT molecular complexity index is 1030. The van der Waals surface area contributed by atoms with Crippen molar-refractivity contribution in [2.75, 3.05) is 0 Å². The van der Waals surface area contributed by atoms with E-state index in [2.05, 4.69) is 25.9 Å². The number of benzene rings is 1. The lowest BCUT2D eigenvalue weighted by atomic mass is 10.2. The van der Waals surface area contributed by atoms with Gasteiger partial charge in [0.1, 0.15) is 17.1 Å². The second-order valence-corrected chi connectivity index (χ2v) is 6.06. The molecule has 2 heterocycles. The molecule has 0 saturated heterocycles. The highest BCUT2D eigenvalue weighted by molar-refractivity contribution is 9.10. The fourth-order valence-electron chi connectivity index (χ4n) is 2.20. The van der Waals surface area contributed by atoms with Crippen molar-refractivity contribution in [3.63, 3.8) is 0 Å². The van der Waals surface area contributed by atoms with Crippen molar-refractivity contribution in [2.24, 2.45) is 14.1 Å². The topological polar surface area (TPSA) is 92.9 Å². The molecule has 0 aliphatic carbocycles. The summed E-state index contributed by atoms with van der Waals surface area (Å²) in [5.41, 5.74) is -0.261. The molecule has 0 saturated carbocycles. The van der Waals surface area contributed by atoms with Crippen molar-refractivity contribution in [3.8, 4) is 17.1 Å². The van der Waals surface area contributed by atoms with Gasteiger partial charge in [0, 0.05) is 19.1 Å². The highest BCUT2D eigenvalue weighted by Crippen LogP contribution is 2.37. The van der Waals surface area contributed by atoms with Crippen LogP contribution in [0.4, 0.5) is 0 Å². The van der Waals surface area contributed by atoms with E-state index in [9.17, 15) is 14.7 Å². The van der Waals surface area contributed by atoms with Crippen LogP contribution in [-0.2, 0) is 14.1 Å². The number of nitrogens with zero attached hydrogens (tertiary/aromatic N) is 3. The van der Waals surface area contributed by atoms with E-state index in [0.717, 1.165) is 4.57 Å². The molecule has 1 aromatic carbocycles. The minimum atomic E-state index is -0.488. The zero-order chi connectivity index (χ0) is 16.2. The molecular weight excluding hydrogens is 376 g/mol. The summed E-state index contributed by atoms with van der Waals surface area (Å²) in [6.07, 6.45) is 0. The van der Waals surface area contributed by atoms with Gasteiger partial charge in [-0.05, 0) is 28.1 Å². The maximum Gasteiger partial charge on any atom is 0.332 e. The Labute approximate surface area is 136 Å². The van der Waals surface area contributed by atoms with Gasteiger partial charge in [-0.2, -0.15) is 0 Å². The number of phenols is 1. The first kappa shape index (κ1) is 14.9. The molecule has 0 spiro atoms. The van der Waals surface area contributed by atoms with Gasteiger partial charge in [-0.15, -0.1) is 0 Å². The summed E-state index contributed by atoms with van der Waals surface area (Å²) in [5, 5.41) is 10.5. The SMILES string of the molecule is Cn1c(=O)c2[nH]c(-c3cc(Cl)cc(Br)c3O)nc2n(C)c1=O. The maximum atomic E-state index is 12.1. The molecule has 0 fully saturated rings. The van der Waals surface area contributed by atoms with Gasteiger partial charge < -0.3 is 10.1 Å². The lowest BCUT2D eigenvalue weighted by Gasteiger charge is -2.04. The van der Waals surface area contributed by atoms with Crippen molar-refractivity contribution < 1.29 is 5.11 Å². The van der Waals surface area contributed by atoms with Crippen LogP contribution < -0.4 is 11.2 Å². The quantitative estimate of drug-likeness (QED) is 0.667. The number of fused-ring (bicyclic) bond motifs is 1. The summed E-state index contributed by atoms with van der Waals surface area (Å²) in [6, 6.07) is 3.06. The number of H-pyrrole nitrogens is 1. The molecule has 0 atom stereocenters. The van der Waals surface area contributed by atoms with Crippen molar-refractivity contribution in [2.45, 2.75) is 0 Å². The largest absolute Gasteiger partial charge is 0.506 e. The van der Waals surface area contributed by atoms with Crippen molar-refractivity contribution in [1.29, 1.82) is 0 Å². The average Bonchev–Trinajstić information content (AvgIpc) is 2.91. The van der Waals surface area contributed by atoms with Crippen LogP contribution in [0.2, 0.25) is 5.02 Å². The summed E-state index contributed by atoms with van der Waals surface area (Å²) in [7, 11) is 2.90. The van der Waals surface area contributed by atoms with Crippen molar-refractivity contribution in [3.05, 3.63) is 42.5 Å². The summed E-state index contributed by atoms with van der Waals surface area (Å²) >= 11 is 9.17. The Morgan fingerprint density at radius 1 is 1.27 bits per heavy atom. The summed E-state index contributed by atoms with van der Waals surface area (Å²) < 4.78 is 2.64. The average molecular weight is 386 g/mol. The van der Waals surface area contributed by atoms with Gasteiger partial charge in [-0.1, -0.05) is 11.6 Å². The van der Waals surface area contributed by atoms with Crippen LogP contribution in [0, 0.1) is 0 Å². The lowest BCUT2D eigenvalue weighted by molar-refractivity contribution is 0.473. The smallest absolute Gasteiger partial charge is 0.332 e. The molecule has 3 rings (SSSR count). The number of aromatic amines is 1. The third-order valence-corrected chi connectivity index (χ3v) is 4.20. The highest BCUT2D eigenvalue weighted by Gasteiger charge is 2.17. The highest BCUT2D eigenvalue weighted by atomic mass is 79.9. The van der Waals surface area contributed by atoms with E-state index < -0.39 is 11.2 Å². The minimum Gasteiger partial charge on any atom is -0.506 e. The van der Waals surface area contributed by atoms with Crippen LogP contribution in [-0.4, -0.2) is 24.2 Å². The maximum absolute atomic E-state index is 12.1. The molecular formula is C13H10BrClN4O3. The predicted molar refractivity (Wildman–Crippen MR) is 86.4 cm³/mol. The number of aromatic hydroxyl groups is 1. The van der Waals surface area contributed by atoms with Gasteiger partial charge in [0.2, 0.25) is 0 Å². The Balaban J connectivity index is 2.41. The van der Waals surface area contributed by atoms with Gasteiger partial charge >= 0.3 is 5.69 Å². The van der Waals surface area contributed by atoms with Crippen LogP contribution in [0.15, 0.2) is 26.2 Å². The third-order valence-electron chi connectivity index (χ3n) is 3.38. The van der Waals surface area contributed by atoms with Gasteiger partial charge in [0.05, 0.1) is 10.0 Å². The first-order valence-corrected chi connectivity index (χ1v) is 7.32. The molecule has 22 heavy (non-hydrogen) atoms. The normalized spacial score (nSPS) is 11.3. The fraction of sp³-hybridized carbons (Fsp3) is 0.154. The van der Waals surface area contributed by atoms with E-state index in [0.29, 0.717) is 15.1 Å². The number of aryl methyl sites for hydroxylation is 1. The van der Waals surface area contributed by atoms with Gasteiger partial charge in [0.25, 0.3) is 5.56 Å². The molecule has 2 aromatic heterocycles. The van der Waals surface area contributed by atoms with E-state index in [4.69, 9.17) is 11.6 Å². The second kappa shape index (κ2) is 4.99. The number of hydrogen-bond donors (Lipinski definition) is 2. The molecule has 0 aliphatic heterocycles. The summed E-state index contributed by atoms with van der Waals surface area (Å²) in [5.74, 6) is 0.180. The first-order chi connectivity index (χ1) is 10.3. The molecule has 3 aromatic rings. The Morgan fingerprint density at radius 2 is 1.95 bits per heavy atom. The van der Waals surface area contributed by atoms with Gasteiger partial charge in [-0.25, -0.2) is 9.78 Å². The predicted octanol–water partition coefficient (Wildman–Crippen LogP) is 1.75. The molecule has 0 aliphatic rings. The number of hydrogen-bond acceptors (Lipinski definition) is 4. The fourth-order valence-corrected chi connectivity index (χ4v) is 3.01. The number of halogens is 2. The Kier molecular flexibility index (Phi) is 3.37. The van der Waals surface area contributed by atoms with Crippen molar-refractivity contribution >= 4 is 38.7 Å². The van der Waals surface area contributed by atoms with Gasteiger partial charge in [-0.3, -0.25) is 13.9 Å². The Morgan fingerprint density at radius 3 is 2.64 bits per heavy atom. The van der Waals surface area contributed by atoms with E-state index in [1.165, 1.54) is 30.8 Å². The molecule has 7 nitrogen and oxygen atoms in total. The summed E-state index contributed by atoms with van der Waals surface area (Å²) in [6.45, 7) is 0. The zero-order valence-corrected chi connectivity index (χ0v) is 13.9. The van der Waals surface area contributed by atoms with E-state index in [-0.39, 0.29) is 22.7 Å². The van der Waals surface area contributed by atoms with Gasteiger partial charge in [0.15, 0.2) is 5.65 Å². The van der Waals surface area contributed by atoms with Crippen LogP contribution >= 0.6 is 27.5 Å². The number of nitrogens with one attached hydrogen (secondary N) is 1. The minimum absolute atomic E-state index is 0.0646. The molecule has 0 radical (unpaired) electrons. The van der Waals surface area contributed by atoms with Crippen LogP contribution in [0.1, 0.15) is 0 Å². The van der Waals surface area contributed by atoms with E-state index in [1.807, 2.05) is 0 Å².